The van der Waals surface area contributed by atoms with Crippen LogP contribution < -0.4 is 0 Å². The highest BCUT2D eigenvalue weighted by molar-refractivity contribution is 7.99. The summed E-state index contributed by atoms with van der Waals surface area (Å²) in [6.45, 7) is 5.34. The van der Waals surface area contributed by atoms with E-state index in [0.717, 1.165) is 17.5 Å². The van der Waals surface area contributed by atoms with Gasteiger partial charge in [0.05, 0.1) is 17.2 Å². The van der Waals surface area contributed by atoms with Crippen LogP contribution >= 0.6 is 11.8 Å². The van der Waals surface area contributed by atoms with Gasteiger partial charge in [0.2, 0.25) is 0 Å². The largest absolute Gasteiger partial charge is 0.478 e. The van der Waals surface area contributed by atoms with E-state index in [1.54, 1.807) is 32.0 Å². The van der Waals surface area contributed by atoms with E-state index in [-0.39, 0.29) is 5.56 Å². The number of carboxylic acid groups (broad SMARTS) is 1. The van der Waals surface area contributed by atoms with Gasteiger partial charge in [-0.1, -0.05) is 0 Å². The van der Waals surface area contributed by atoms with Gasteiger partial charge in [0.1, 0.15) is 10.1 Å². The average Bonchev–Trinajstić information content (AvgIpc) is 2.36. The summed E-state index contributed by atoms with van der Waals surface area (Å²) >= 11 is 1.16. The topological polar surface area (TPSA) is 86.9 Å². The molecule has 0 unspecified atom stereocenters. The molecule has 0 saturated heterocycles. The minimum atomic E-state index is -1.02. The summed E-state index contributed by atoms with van der Waals surface area (Å²) < 4.78 is 0. The fraction of sp³-hybridized carbons (Fsp3) is 0.200. The Morgan fingerprint density at radius 3 is 2.48 bits per heavy atom. The SMILES string of the molecule is Cc1cc(C#N)cc(Sc2nc(C)cc(C)c2C(=O)O)n1. The monoisotopic (exact) mass is 299 g/mol. The molecule has 106 valence electrons. The molecule has 0 bridgehead atoms. The zero-order valence-electron chi connectivity index (χ0n) is 11.8. The molecule has 2 heterocycles. The van der Waals surface area contributed by atoms with Gasteiger partial charge >= 0.3 is 5.97 Å². The van der Waals surface area contributed by atoms with Crippen molar-refractivity contribution < 1.29 is 9.90 Å². The lowest BCUT2D eigenvalue weighted by atomic mass is 10.1. The second-order valence-corrected chi connectivity index (χ2v) is 5.62. The lowest BCUT2D eigenvalue weighted by Gasteiger charge is -2.09. The van der Waals surface area contributed by atoms with Gasteiger partial charge in [0, 0.05) is 11.4 Å². The molecule has 0 aliphatic heterocycles. The van der Waals surface area contributed by atoms with Crippen molar-refractivity contribution in [3.63, 3.8) is 0 Å². The first kappa shape index (κ1) is 15.0. The van der Waals surface area contributed by atoms with Gasteiger partial charge in [-0.05, 0) is 56.3 Å². The third kappa shape index (κ3) is 3.38. The van der Waals surface area contributed by atoms with Crippen LogP contribution in [0.25, 0.3) is 0 Å². The highest BCUT2D eigenvalue weighted by Gasteiger charge is 2.17. The van der Waals surface area contributed by atoms with Gasteiger partial charge in [0.25, 0.3) is 0 Å². The van der Waals surface area contributed by atoms with Crippen molar-refractivity contribution in [2.75, 3.05) is 0 Å². The molecular formula is C15H13N3O2S. The van der Waals surface area contributed by atoms with Crippen LogP contribution in [0.15, 0.2) is 28.3 Å². The Bertz CT molecular complexity index is 766. The maximum absolute atomic E-state index is 11.4. The number of aromatic carboxylic acids is 1. The molecule has 0 saturated carbocycles. The first-order chi connectivity index (χ1) is 9.90. The fourth-order valence-corrected chi connectivity index (χ4v) is 3.10. The van der Waals surface area contributed by atoms with Crippen molar-refractivity contribution >= 4 is 17.7 Å². The summed E-state index contributed by atoms with van der Waals surface area (Å²) in [5.41, 5.74) is 2.77. The van der Waals surface area contributed by atoms with Crippen LogP contribution in [0.2, 0.25) is 0 Å². The lowest BCUT2D eigenvalue weighted by Crippen LogP contribution is -2.05. The molecule has 2 aromatic rings. The van der Waals surface area contributed by atoms with Crippen LogP contribution in [0.4, 0.5) is 0 Å². The number of carboxylic acids is 1. The number of nitrogens with zero attached hydrogens (tertiary/aromatic N) is 3. The number of hydrogen-bond donors (Lipinski definition) is 1. The van der Waals surface area contributed by atoms with E-state index in [4.69, 9.17) is 5.26 Å². The summed E-state index contributed by atoms with van der Waals surface area (Å²) in [4.78, 5) is 20.0. The minimum absolute atomic E-state index is 0.174. The van der Waals surface area contributed by atoms with Crippen molar-refractivity contribution in [3.05, 3.63) is 46.3 Å². The van der Waals surface area contributed by atoms with Crippen LogP contribution in [0.5, 0.6) is 0 Å². The number of nitriles is 1. The zero-order valence-corrected chi connectivity index (χ0v) is 12.7. The molecule has 21 heavy (non-hydrogen) atoms. The minimum Gasteiger partial charge on any atom is -0.478 e. The Morgan fingerprint density at radius 2 is 1.86 bits per heavy atom. The van der Waals surface area contributed by atoms with E-state index in [9.17, 15) is 9.90 Å². The molecule has 2 aromatic heterocycles. The van der Waals surface area contributed by atoms with Gasteiger partial charge in [-0.2, -0.15) is 5.26 Å². The first-order valence-corrected chi connectivity index (χ1v) is 7.00. The third-order valence-corrected chi connectivity index (χ3v) is 3.69. The standard InChI is InChI=1S/C15H13N3O2S/c1-8-4-9(2)18-14(13(8)15(19)20)21-12-6-11(7-16)5-10(3)17-12/h4-6H,1-3H3,(H,19,20). The number of aryl methyl sites for hydroxylation is 3. The molecule has 2 rings (SSSR count). The molecule has 0 fully saturated rings. The summed E-state index contributed by atoms with van der Waals surface area (Å²) in [6.07, 6.45) is 0. The van der Waals surface area contributed by atoms with E-state index in [1.165, 1.54) is 0 Å². The number of rotatable bonds is 3. The summed E-state index contributed by atoms with van der Waals surface area (Å²) in [5.74, 6) is -1.02. The quantitative estimate of drug-likeness (QED) is 0.937. The molecule has 6 heteroatoms. The molecular weight excluding hydrogens is 286 g/mol. The Hall–Kier alpha value is -2.39. The molecule has 0 spiro atoms. The third-order valence-electron chi connectivity index (χ3n) is 2.79. The Balaban J connectivity index is 2.51. The lowest BCUT2D eigenvalue weighted by molar-refractivity contribution is 0.0691. The van der Waals surface area contributed by atoms with E-state index in [1.807, 2.05) is 6.92 Å². The fourth-order valence-electron chi connectivity index (χ4n) is 1.99. The van der Waals surface area contributed by atoms with Crippen molar-refractivity contribution in [1.82, 2.24) is 9.97 Å². The molecule has 0 atom stereocenters. The number of carbonyl (C=O) groups is 1. The van der Waals surface area contributed by atoms with Crippen LogP contribution in [0.1, 0.15) is 32.9 Å². The van der Waals surface area contributed by atoms with E-state index in [2.05, 4.69) is 16.0 Å². The van der Waals surface area contributed by atoms with Gasteiger partial charge in [0.15, 0.2) is 0 Å². The van der Waals surface area contributed by atoms with E-state index < -0.39 is 5.97 Å². The van der Waals surface area contributed by atoms with E-state index in [0.29, 0.717) is 26.9 Å². The van der Waals surface area contributed by atoms with Crippen LogP contribution in [0, 0.1) is 32.1 Å². The number of aromatic nitrogens is 2. The van der Waals surface area contributed by atoms with Gasteiger partial charge in [-0.15, -0.1) is 0 Å². The average molecular weight is 299 g/mol. The predicted molar refractivity (Wildman–Crippen MR) is 78.5 cm³/mol. The predicted octanol–water partition coefficient (Wildman–Crippen LogP) is 3.12. The zero-order chi connectivity index (χ0) is 15.6. The normalized spacial score (nSPS) is 10.2. The molecule has 1 N–H and O–H groups in total. The van der Waals surface area contributed by atoms with Gasteiger partial charge in [-0.3, -0.25) is 0 Å². The first-order valence-electron chi connectivity index (χ1n) is 6.19. The molecule has 0 aromatic carbocycles. The molecule has 5 nitrogen and oxygen atoms in total. The van der Waals surface area contributed by atoms with Crippen molar-refractivity contribution in [1.29, 1.82) is 5.26 Å². The highest BCUT2D eigenvalue weighted by atomic mass is 32.2. The molecule has 0 aliphatic carbocycles. The number of pyridine rings is 2. The maximum Gasteiger partial charge on any atom is 0.338 e. The van der Waals surface area contributed by atoms with E-state index >= 15 is 0 Å². The van der Waals surface area contributed by atoms with Crippen molar-refractivity contribution in [3.8, 4) is 6.07 Å². The maximum atomic E-state index is 11.4. The van der Waals surface area contributed by atoms with Crippen LogP contribution in [0.3, 0.4) is 0 Å². The van der Waals surface area contributed by atoms with Crippen molar-refractivity contribution in [2.45, 2.75) is 30.8 Å². The van der Waals surface area contributed by atoms with Crippen LogP contribution in [-0.2, 0) is 0 Å². The second-order valence-electron chi connectivity index (χ2n) is 4.62. The van der Waals surface area contributed by atoms with Crippen LogP contribution in [-0.4, -0.2) is 21.0 Å². The highest BCUT2D eigenvalue weighted by Crippen LogP contribution is 2.30. The Labute approximate surface area is 126 Å². The summed E-state index contributed by atoms with van der Waals surface area (Å²) in [6, 6.07) is 7.10. The van der Waals surface area contributed by atoms with Gasteiger partial charge < -0.3 is 5.11 Å². The Morgan fingerprint density at radius 1 is 1.19 bits per heavy atom. The molecule has 0 amide bonds. The molecule has 0 radical (unpaired) electrons. The van der Waals surface area contributed by atoms with Crippen molar-refractivity contribution in [2.24, 2.45) is 0 Å². The number of hydrogen-bond acceptors (Lipinski definition) is 5. The Kier molecular flexibility index (Phi) is 4.24. The summed E-state index contributed by atoms with van der Waals surface area (Å²) in [7, 11) is 0. The second kappa shape index (κ2) is 5.94. The summed E-state index contributed by atoms with van der Waals surface area (Å²) in [5, 5.41) is 19.3. The molecule has 0 aliphatic rings. The smallest absolute Gasteiger partial charge is 0.338 e. The van der Waals surface area contributed by atoms with Gasteiger partial charge in [-0.25, -0.2) is 14.8 Å².